The molecule has 0 saturated heterocycles. The van der Waals surface area contributed by atoms with Crippen molar-refractivity contribution in [3.63, 3.8) is 0 Å². The Morgan fingerprint density at radius 1 is 0.682 bits per heavy atom. The third-order valence-electron chi connectivity index (χ3n) is 3.36. The lowest BCUT2D eigenvalue weighted by Crippen LogP contribution is -2.16. The number of hydrogen-bond donors (Lipinski definition) is 1. The van der Waals surface area contributed by atoms with Crippen molar-refractivity contribution in [3.05, 3.63) is 84.9 Å². The molecule has 0 saturated carbocycles. The predicted molar refractivity (Wildman–Crippen MR) is 95.7 cm³/mol. The van der Waals surface area contributed by atoms with Gasteiger partial charge in [0.1, 0.15) is 5.75 Å². The van der Waals surface area contributed by atoms with Crippen LogP contribution >= 0.6 is 8.07 Å². The fraction of sp³-hybridized carbons (Fsp3) is 0.0526. The third-order valence-corrected chi connectivity index (χ3v) is 5.47. The van der Waals surface area contributed by atoms with Crippen LogP contribution < -0.4 is 20.4 Å². The van der Waals surface area contributed by atoms with Crippen LogP contribution in [-0.4, -0.2) is 7.11 Å². The molecule has 0 atom stereocenters. The number of anilines is 1. The average Bonchev–Trinajstić information content (AvgIpc) is 2.62. The van der Waals surface area contributed by atoms with Gasteiger partial charge in [-0.3, -0.25) is 0 Å². The van der Waals surface area contributed by atoms with Crippen molar-refractivity contribution in [3.8, 4) is 5.75 Å². The van der Waals surface area contributed by atoms with Crippen LogP contribution in [0.2, 0.25) is 0 Å². The van der Waals surface area contributed by atoms with Crippen LogP contribution in [0.4, 0.5) is 5.69 Å². The maximum Gasteiger partial charge on any atom is 0.119 e. The van der Waals surface area contributed by atoms with Gasteiger partial charge in [0.15, 0.2) is 0 Å². The van der Waals surface area contributed by atoms with Gasteiger partial charge in [-0.2, -0.15) is 0 Å². The molecule has 0 aliphatic rings. The van der Waals surface area contributed by atoms with E-state index in [4.69, 9.17) is 4.74 Å². The number of nitrogens with one attached hydrogen (secondary N) is 1. The molecule has 0 radical (unpaired) electrons. The van der Waals surface area contributed by atoms with Gasteiger partial charge in [-0.25, -0.2) is 0 Å². The molecule has 0 aliphatic heterocycles. The molecule has 3 heteroatoms. The van der Waals surface area contributed by atoms with Crippen LogP contribution in [0.5, 0.6) is 5.75 Å². The van der Waals surface area contributed by atoms with E-state index in [2.05, 4.69) is 77.9 Å². The van der Waals surface area contributed by atoms with Crippen molar-refractivity contribution in [2.75, 3.05) is 12.2 Å². The lowest BCUT2D eigenvalue weighted by Gasteiger charge is -2.21. The molecule has 0 unspecified atom stereocenters. The Hall–Kier alpha value is -2.31. The molecule has 0 heterocycles. The molecular formula is C19H18NOP. The SMILES string of the molecule is COc1ccc(NP(c2ccccc2)c2ccccc2)cc1. The van der Waals surface area contributed by atoms with Crippen molar-refractivity contribution < 1.29 is 4.74 Å². The molecule has 0 spiro atoms. The minimum Gasteiger partial charge on any atom is -0.497 e. The fourth-order valence-electron chi connectivity index (χ4n) is 2.23. The fourth-order valence-corrected chi connectivity index (χ4v) is 4.13. The number of benzene rings is 3. The highest BCUT2D eigenvalue weighted by Gasteiger charge is 2.13. The van der Waals surface area contributed by atoms with Gasteiger partial charge in [-0.15, -0.1) is 0 Å². The summed E-state index contributed by atoms with van der Waals surface area (Å²) >= 11 is 0. The number of ether oxygens (including phenoxy) is 1. The molecule has 2 nitrogen and oxygen atoms in total. The predicted octanol–water partition coefficient (Wildman–Crippen LogP) is 4.16. The second-order valence-corrected chi connectivity index (χ2v) is 6.77. The number of rotatable bonds is 5. The monoisotopic (exact) mass is 307 g/mol. The minimum absolute atomic E-state index is 0.632. The first-order valence-electron chi connectivity index (χ1n) is 7.18. The summed E-state index contributed by atoms with van der Waals surface area (Å²) in [5.41, 5.74) is 1.10. The molecule has 0 fully saturated rings. The third kappa shape index (κ3) is 3.47. The maximum absolute atomic E-state index is 5.22. The van der Waals surface area contributed by atoms with E-state index >= 15 is 0 Å². The summed E-state index contributed by atoms with van der Waals surface area (Å²) < 4.78 is 5.22. The van der Waals surface area contributed by atoms with Crippen LogP contribution in [0.1, 0.15) is 0 Å². The second kappa shape index (κ2) is 7.11. The Bertz CT molecular complexity index is 659. The summed E-state index contributed by atoms with van der Waals surface area (Å²) in [6, 6.07) is 29.2. The Balaban J connectivity index is 1.91. The topological polar surface area (TPSA) is 21.3 Å². The summed E-state index contributed by atoms with van der Waals surface area (Å²) in [5.74, 6) is 0.870. The van der Waals surface area contributed by atoms with Crippen LogP contribution in [0, 0.1) is 0 Å². The van der Waals surface area contributed by atoms with Crippen molar-refractivity contribution in [1.29, 1.82) is 0 Å². The Labute approximate surface area is 132 Å². The van der Waals surface area contributed by atoms with Crippen molar-refractivity contribution in [2.45, 2.75) is 0 Å². The highest BCUT2D eigenvalue weighted by molar-refractivity contribution is 7.74. The Kier molecular flexibility index (Phi) is 4.72. The number of hydrogen-bond acceptors (Lipinski definition) is 2. The number of methoxy groups -OCH3 is 1. The molecule has 110 valence electrons. The summed E-state index contributed by atoms with van der Waals surface area (Å²) in [4.78, 5) is 0. The van der Waals surface area contributed by atoms with Crippen molar-refractivity contribution in [2.24, 2.45) is 0 Å². The van der Waals surface area contributed by atoms with E-state index in [0.717, 1.165) is 11.4 Å². The van der Waals surface area contributed by atoms with E-state index in [1.807, 2.05) is 12.1 Å². The zero-order valence-electron chi connectivity index (χ0n) is 12.4. The second-order valence-electron chi connectivity index (χ2n) is 4.85. The van der Waals surface area contributed by atoms with Gasteiger partial charge in [-0.1, -0.05) is 60.7 Å². The first kappa shape index (κ1) is 14.6. The highest BCUT2D eigenvalue weighted by Crippen LogP contribution is 2.34. The average molecular weight is 307 g/mol. The molecule has 0 aliphatic carbocycles. The van der Waals surface area contributed by atoms with Gasteiger partial charge in [-0.05, 0) is 24.3 Å². The molecule has 0 amide bonds. The Morgan fingerprint density at radius 3 is 1.64 bits per heavy atom. The van der Waals surface area contributed by atoms with E-state index in [9.17, 15) is 0 Å². The quantitative estimate of drug-likeness (QED) is 0.715. The van der Waals surface area contributed by atoms with Gasteiger partial charge in [0.2, 0.25) is 0 Å². The van der Waals surface area contributed by atoms with Gasteiger partial charge >= 0.3 is 0 Å². The summed E-state index contributed by atoms with van der Waals surface area (Å²) in [6.45, 7) is 0. The lowest BCUT2D eigenvalue weighted by molar-refractivity contribution is 0.415. The van der Waals surface area contributed by atoms with Gasteiger partial charge in [0.05, 0.1) is 15.2 Å². The summed E-state index contributed by atoms with van der Waals surface area (Å²) in [6.07, 6.45) is 0. The van der Waals surface area contributed by atoms with Crippen LogP contribution in [0.25, 0.3) is 0 Å². The maximum atomic E-state index is 5.22. The molecule has 3 rings (SSSR count). The molecule has 0 bridgehead atoms. The normalized spacial score (nSPS) is 10.5. The smallest absolute Gasteiger partial charge is 0.119 e. The van der Waals surface area contributed by atoms with E-state index in [0.29, 0.717) is 0 Å². The van der Waals surface area contributed by atoms with Gasteiger partial charge in [0.25, 0.3) is 0 Å². The highest BCUT2D eigenvalue weighted by atomic mass is 31.1. The van der Waals surface area contributed by atoms with E-state index in [1.54, 1.807) is 7.11 Å². The molecule has 22 heavy (non-hydrogen) atoms. The first-order chi connectivity index (χ1) is 10.9. The molecular weight excluding hydrogens is 289 g/mol. The van der Waals surface area contributed by atoms with E-state index < -0.39 is 8.07 Å². The largest absolute Gasteiger partial charge is 0.497 e. The summed E-state index contributed by atoms with van der Waals surface area (Å²) in [7, 11) is 1.05. The molecule has 0 aromatic heterocycles. The minimum atomic E-state index is -0.632. The van der Waals surface area contributed by atoms with Crippen LogP contribution in [0.15, 0.2) is 84.9 Å². The standard InChI is InChI=1S/C19H18NOP/c1-21-17-14-12-16(13-15-17)20-22(18-8-4-2-5-9-18)19-10-6-3-7-11-19/h2-15,20H,1H3. The first-order valence-corrected chi connectivity index (χ1v) is 8.52. The molecule has 3 aromatic rings. The van der Waals surface area contributed by atoms with E-state index in [1.165, 1.54) is 10.6 Å². The zero-order valence-corrected chi connectivity index (χ0v) is 13.3. The van der Waals surface area contributed by atoms with Crippen molar-refractivity contribution >= 4 is 24.4 Å². The van der Waals surface area contributed by atoms with E-state index in [-0.39, 0.29) is 0 Å². The Morgan fingerprint density at radius 2 is 1.18 bits per heavy atom. The zero-order chi connectivity index (χ0) is 15.2. The van der Waals surface area contributed by atoms with Crippen LogP contribution in [0.3, 0.4) is 0 Å². The molecule has 1 N–H and O–H groups in total. The lowest BCUT2D eigenvalue weighted by atomic mass is 10.3. The van der Waals surface area contributed by atoms with Crippen LogP contribution in [-0.2, 0) is 0 Å². The summed E-state index contributed by atoms with van der Waals surface area (Å²) in [5, 5.41) is 6.28. The van der Waals surface area contributed by atoms with Gasteiger partial charge < -0.3 is 9.82 Å². The molecule has 3 aromatic carbocycles. The van der Waals surface area contributed by atoms with Gasteiger partial charge in [0, 0.05) is 16.3 Å². The van der Waals surface area contributed by atoms with Crippen molar-refractivity contribution in [1.82, 2.24) is 0 Å².